The average molecular weight is 423 g/mol. The molecule has 2 N–H and O–H groups in total. The summed E-state index contributed by atoms with van der Waals surface area (Å²) in [6, 6.07) is 0.106. The van der Waals surface area contributed by atoms with Gasteiger partial charge in [-0.3, -0.25) is 19.4 Å². The van der Waals surface area contributed by atoms with Gasteiger partial charge in [-0.25, -0.2) is 0 Å². The van der Waals surface area contributed by atoms with E-state index in [0.717, 1.165) is 25.1 Å². The second-order valence-electron chi connectivity index (χ2n) is 8.38. The minimum Gasteiger partial charge on any atom is -0.393 e. The van der Waals surface area contributed by atoms with Crippen molar-refractivity contribution < 1.29 is 14.7 Å². The van der Waals surface area contributed by atoms with Gasteiger partial charge >= 0.3 is 0 Å². The van der Waals surface area contributed by atoms with Crippen LogP contribution in [0, 0.1) is 0 Å². The molecule has 0 unspecified atom stereocenters. The molecule has 29 heavy (non-hydrogen) atoms. The molecule has 0 aliphatic carbocycles. The largest absolute Gasteiger partial charge is 0.393 e. The molecule has 4 rings (SSSR count). The quantitative estimate of drug-likeness (QED) is 0.670. The molecular formula is C19H30N6O3S. The zero-order valence-electron chi connectivity index (χ0n) is 16.9. The molecule has 1 aromatic heterocycles. The number of aliphatic hydroxyl groups excluding tert-OH is 1. The average Bonchev–Trinajstić information content (AvgIpc) is 3.35. The molecular weight excluding hydrogens is 392 g/mol. The van der Waals surface area contributed by atoms with E-state index in [0.29, 0.717) is 45.4 Å². The van der Waals surface area contributed by atoms with Gasteiger partial charge in [0.1, 0.15) is 6.04 Å². The highest BCUT2D eigenvalue weighted by Crippen LogP contribution is 2.28. The third-order valence-corrected chi connectivity index (χ3v) is 7.18. The number of nitrogens with one attached hydrogen (secondary N) is 1. The summed E-state index contributed by atoms with van der Waals surface area (Å²) in [5, 5.41) is 18.8. The lowest BCUT2D eigenvalue weighted by molar-refractivity contribution is -0.133. The topological polar surface area (TPSA) is 102 Å². The highest BCUT2D eigenvalue weighted by molar-refractivity contribution is 7.03. The van der Waals surface area contributed by atoms with Crippen molar-refractivity contribution in [1.29, 1.82) is 0 Å². The first-order valence-corrected chi connectivity index (χ1v) is 11.3. The van der Waals surface area contributed by atoms with Crippen LogP contribution in [0.4, 0.5) is 0 Å². The van der Waals surface area contributed by atoms with Crippen LogP contribution in [0.15, 0.2) is 5.38 Å². The number of aliphatic hydroxyl groups is 1. The maximum absolute atomic E-state index is 12.8. The van der Waals surface area contributed by atoms with Crippen molar-refractivity contribution in [2.75, 3.05) is 33.2 Å². The van der Waals surface area contributed by atoms with Crippen LogP contribution in [0.3, 0.4) is 0 Å². The number of likely N-dealkylation sites (N-methyl/N-ethyl adjacent to an activating group) is 1. The van der Waals surface area contributed by atoms with Crippen LogP contribution in [0.1, 0.15) is 37.8 Å². The summed E-state index contributed by atoms with van der Waals surface area (Å²) in [4.78, 5) is 31.8. The van der Waals surface area contributed by atoms with Crippen molar-refractivity contribution in [3.63, 3.8) is 0 Å². The van der Waals surface area contributed by atoms with E-state index in [-0.39, 0.29) is 36.0 Å². The van der Waals surface area contributed by atoms with E-state index in [1.165, 1.54) is 11.5 Å². The number of rotatable bonds is 5. The van der Waals surface area contributed by atoms with E-state index in [2.05, 4.69) is 31.8 Å². The number of carbonyl (C=O) groups excluding carboxylic acids is 2. The van der Waals surface area contributed by atoms with E-state index in [1.807, 2.05) is 10.3 Å². The maximum atomic E-state index is 12.8. The Morgan fingerprint density at radius 3 is 2.83 bits per heavy atom. The Morgan fingerprint density at radius 2 is 2.10 bits per heavy atom. The number of hydrogen-bond donors (Lipinski definition) is 2. The fourth-order valence-corrected chi connectivity index (χ4v) is 5.29. The molecule has 4 heterocycles. The zero-order valence-corrected chi connectivity index (χ0v) is 17.7. The molecule has 0 saturated carbocycles. The SMILES string of the molecule is CN1[C@@H](CCC(=O)N2CCC(O)CC2)CNC(=O)[C@@H]2[C@@H]1CCN2Cc1csnn1. The monoisotopic (exact) mass is 422 g/mol. The van der Waals surface area contributed by atoms with Gasteiger partial charge in [0.15, 0.2) is 0 Å². The van der Waals surface area contributed by atoms with Crippen LogP contribution in [0.5, 0.6) is 0 Å². The summed E-state index contributed by atoms with van der Waals surface area (Å²) < 4.78 is 3.92. The van der Waals surface area contributed by atoms with Gasteiger partial charge in [0, 0.05) is 56.6 Å². The predicted octanol–water partition coefficient (Wildman–Crippen LogP) is -0.325. The summed E-state index contributed by atoms with van der Waals surface area (Å²) in [5.74, 6) is 0.225. The summed E-state index contributed by atoms with van der Waals surface area (Å²) in [7, 11) is 2.08. The smallest absolute Gasteiger partial charge is 0.239 e. The molecule has 0 spiro atoms. The molecule has 0 bridgehead atoms. The fourth-order valence-electron chi connectivity index (χ4n) is 4.85. The molecule has 2 amide bonds. The first-order chi connectivity index (χ1) is 14.0. The van der Waals surface area contributed by atoms with Crippen LogP contribution >= 0.6 is 11.5 Å². The minimum absolute atomic E-state index is 0.0707. The standard InChI is InChI=1S/C19H30N6O3S/c1-23-14(2-3-17(27)24-7-4-15(26)5-8-24)10-20-19(28)18-16(23)6-9-25(18)11-13-12-29-22-21-13/h12,14-16,18,26H,2-11H2,1H3,(H,20,28)/t14-,16-,18-/m0/s1. The molecule has 0 radical (unpaired) electrons. The number of nitrogens with zero attached hydrogens (tertiary/aromatic N) is 5. The van der Waals surface area contributed by atoms with Crippen molar-refractivity contribution in [3.8, 4) is 0 Å². The number of amides is 2. The number of carbonyl (C=O) groups is 2. The fraction of sp³-hybridized carbons (Fsp3) is 0.789. The van der Waals surface area contributed by atoms with Gasteiger partial charge in [0.25, 0.3) is 0 Å². The first-order valence-electron chi connectivity index (χ1n) is 10.5. The molecule has 10 heteroatoms. The summed E-state index contributed by atoms with van der Waals surface area (Å²) in [5.41, 5.74) is 0.907. The van der Waals surface area contributed by atoms with Gasteiger partial charge in [-0.05, 0) is 44.3 Å². The highest BCUT2D eigenvalue weighted by atomic mass is 32.1. The zero-order chi connectivity index (χ0) is 20.4. The lowest BCUT2D eigenvalue weighted by atomic mass is 10.0. The van der Waals surface area contributed by atoms with Gasteiger partial charge in [0.2, 0.25) is 11.8 Å². The molecule has 160 valence electrons. The molecule has 9 nitrogen and oxygen atoms in total. The van der Waals surface area contributed by atoms with Gasteiger partial charge < -0.3 is 15.3 Å². The maximum Gasteiger partial charge on any atom is 0.239 e. The van der Waals surface area contributed by atoms with Crippen molar-refractivity contribution in [1.82, 2.24) is 29.6 Å². The molecule has 3 atom stereocenters. The Labute approximate surface area is 175 Å². The van der Waals surface area contributed by atoms with Crippen LogP contribution in [-0.4, -0.2) is 98.7 Å². The van der Waals surface area contributed by atoms with E-state index in [4.69, 9.17) is 0 Å². The highest BCUT2D eigenvalue weighted by Gasteiger charge is 2.45. The molecule has 3 aliphatic heterocycles. The molecule has 3 saturated heterocycles. The number of aromatic nitrogens is 2. The van der Waals surface area contributed by atoms with Crippen molar-refractivity contribution in [2.45, 2.75) is 62.9 Å². The summed E-state index contributed by atoms with van der Waals surface area (Å²) >= 11 is 1.33. The van der Waals surface area contributed by atoms with Gasteiger partial charge in [-0.15, -0.1) is 5.10 Å². The van der Waals surface area contributed by atoms with Crippen LogP contribution in [0.25, 0.3) is 0 Å². The number of piperidine rings is 1. The van der Waals surface area contributed by atoms with Crippen molar-refractivity contribution in [3.05, 3.63) is 11.1 Å². The first kappa shape index (κ1) is 20.6. The minimum atomic E-state index is -0.274. The lowest BCUT2D eigenvalue weighted by Gasteiger charge is -2.34. The normalized spacial score (nSPS) is 29.5. The predicted molar refractivity (Wildman–Crippen MR) is 108 cm³/mol. The molecule has 3 fully saturated rings. The molecule has 1 aromatic rings. The Hall–Kier alpha value is -1.62. The molecule has 0 aromatic carbocycles. The van der Waals surface area contributed by atoms with E-state index < -0.39 is 0 Å². The third kappa shape index (κ3) is 4.60. The van der Waals surface area contributed by atoms with Crippen molar-refractivity contribution >= 4 is 23.3 Å². The van der Waals surface area contributed by atoms with Crippen LogP contribution in [-0.2, 0) is 16.1 Å². The third-order valence-electron chi connectivity index (χ3n) is 6.63. The number of hydrogen-bond acceptors (Lipinski definition) is 8. The lowest BCUT2D eigenvalue weighted by Crippen LogP contribution is -2.49. The summed E-state index contributed by atoms with van der Waals surface area (Å²) in [6.45, 7) is 3.35. The van der Waals surface area contributed by atoms with Gasteiger partial charge in [-0.1, -0.05) is 4.49 Å². The van der Waals surface area contributed by atoms with Gasteiger partial charge in [-0.2, -0.15) is 0 Å². The number of fused-ring (bicyclic) bond motifs is 1. The Kier molecular flexibility index (Phi) is 6.43. The number of likely N-dealkylation sites (tertiary alicyclic amines) is 2. The van der Waals surface area contributed by atoms with Gasteiger partial charge in [0.05, 0.1) is 11.8 Å². The second kappa shape index (κ2) is 9.03. The summed E-state index contributed by atoms with van der Waals surface area (Å²) in [6.07, 6.45) is 3.20. The Morgan fingerprint density at radius 1 is 1.31 bits per heavy atom. The van der Waals surface area contributed by atoms with Crippen LogP contribution in [0.2, 0.25) is 0 Å². The van der Waals surface area contributed by atoms with E-state index >= 15 is 0 Å². The molecule has 3 aliphatic rings. The van der Waals surface area contributed by atoms with E-state index in [1.54, 1.807) is 0 Å². The second-order valence-corrected chi connectivity index (χ2v) is 8.99. The van der Waals surface area contributed by atoms with Crippen LogP contribution < -0.4 is 5.32 Å². The van der Waals surface area contributed by atoms with E-state index in [9.17, 15) is 14.7 Å². The Bertz CT molecular complexity index is 709. The van der Waals surface area contributed by atoms with Crippen molar-refractivity contribution in [2.24, 2.45) is 0 Å². The Balaban J connectivity index is 1.35.